The second-order valence-electron chi connectivity index (χ2n) is 0.425. The van der Waals surface area contributed by atoms with Gasteiger partial charge in [0.25, 0.3) is 4.96 Å². The molecule has 0 N–H and O–H groups in total. The minimum atomic E-state index is -2.16. The number of rotatable bonds is 2. The Morgan fingerprint density at radius 2 is 2.50 bits per heavy atom. The highest BCUT2D eigenvalue weighted by atomic mass is 35.5. The normalized spacial score (nSPS) is 13.0. The fraction of sp³-hybridized carbons (Fsp3) is 1.00. The van der Waals surface area contributed by atoms with Gasteiger partial charge in [-0.3, -0.25) is 0 Å². The monoisotopic (exact) mass is 115 g/mol. The standard InChI is InChI=1S/CHClFO3/c2-1(3)5-6-4/h1H/q+1. The Morgan fingerprint density at radius 3 is 2.50 bits per heavy atom. The van der Waals surface area contributed by atoms with Crippen molar-refractivity contribution in [2.24, 2.45) is 0 Å². The Bertz CT molecular complexity index is 46.1. The molecule has 0 bridgehead atoms. The molecule has 0 rings (SSSR count). The first-order valence-corrected chi connectivity index (χ1v) is 1.44. The van der Waals surface area contributed by atoms with Gasteiger partial charge in [0.15, 0.2) is 0 Å². The summed E-state index contributed by atoms with van der Waals surface area (Å²) in [5, 5.41) is 0. The zero-order valence-electron chi connectivity index (χ0n) is 2.56. The van der Waals surface area contributed by atoms with E-state index >= 15 is 0 Å². The fourth-order valence-corrected chi connectivity index (χ4v) is 0.0594. The molecule has 0 saturated carbocycles. The molecule has 0 aromatic heterocycles. The highest BCUT2D eigenvalue weighted by Gasteiger charge is 2.07. The molecule has 0 heterocycles. The molecule has 0 aliphatic carbocycles. The second kappa shape index (κ2) is 2.84. The molecule has 1 unspecified atom stereocenters. The summed E-state index contributed by atoms with van der Waals surface area (Å²) in [4.78, 5) is 11.8. The van der Waals surface area contributed by atoms with Gasteiger partial charge in [-0.25, -0.2) is 0 Å². The van der Waals surface area contributed by atoms with E-state index in [0.717, 1.165) is 0 Å². The van der Waals surface area contributed by atoms with Crippen molar-refractivity contribution in [3.8, 4) is 0 Å². The lowest BCUT2D eigenvalue weighted by Gasteiger charge is -1.70. The van der Waals surface area contributed by atoms with Crippen LogP contribution in [0.2, 0.25) is 0 Å². The Balaban J connectivity index is 2.81. The van der Waals surface area contributed by atoms with Crippen LogP contribution in [-0.2, 0) is 4.89 Å². The van der Waals surface area contributed by atoms with Gasteiger partial charge < -0.3 is 0 Å². The third kappa shape index (κ3) is 3.62. The van der Waals surface area contributed by atoms with Crippen molar-refractivity contribution in [1.82, 2.24) is 0 Å². The highest BCUT2D eigenvalue weighted by molar-refractivity contribution is 6.18. The van der Waals surface area contributed by atoms with Crippen molar-refractivity contribution < 1.29 is 9.28 Å². The zero-order valence-corrected chi connectivity index (χ0v) is 3.31. The second-order valence-corrected chi connectivity index (χ2v) is 0.768. The minimum Gasteiger partial charge on any atom is -0.174 e. The molecule has 6 heavy (non-hydrogen) atoms. The lowest BCUT2D eigenvalue weighted by Crippen LogP contribution is -1.87. The predicted octanol–water partition coefficient (Wildman–Crippen LogP) is 1.03. The highest BCUT2D eigenvalue weighted by Crippen LogP contribution is 1.95. The molecule has 0 aliphatic heterocycles. The maximum atomic E-state index is 10.9. The van der Waals surface area contributed by atoms with Crippen LogP contribution in [0.15, 0.2) is 0 Å². The van der Waals surface area contributed by atoms with Crippen LogP contribution in [0, 0.1) is 9.71 Å². The van der Waals surface area contributed by atoms with Crippen LogP contribution >= 0.6 is 11.6 Å². The molecule has 1 atom stereocenters. The summed E-state index contributed by atoms with van der Waals surface area (Å²) in [7, 11) is 0. The summed E-state index contributed by atoms with van der Waals surface area (Å²) in [5.41, 5.74) is 0. The van der Waals surface area contributed by atoms with Crippen molar-refractivity contribution in [3.63, 3.8) is 0 Å². The maximum absolute atomic E-state index is 10.9. The molecule has 3 nitrogen and oxygen atoms in total. The van der Waals surface area contributed by atoms with E-state index in [1.807, 2.05) is 0 Å². The van der Waals surface area contributed by atoms with Crippen LogP contribution in [-0.4, -0.2) is 5.82 Å². The van der Waals surface area contributed by atoms with Gasteiger partial charge in [-0.15, -0.1) is 0 Å². The van der Waals surface area contributed by atoms with Gasteiger partial charge in [0.1, 0.15) is 0 Å². The number of alkyl halides is 2. The van der Waals surface area contributed by atoms with Gasteiger partial charge in [-0.2, -0.15) is 4.39 Å². The van der Waals surface area contributed by atoms with Gasteiger partial charge in [0.2, 0.25) is 0 Å². The van der Waals surface area contributed by atoms with Crippen molar-refractivity contribution in [2.75, 3.05) is 0 Å². The van der Waals surface area contributed by atoms with Crippen LogP contribution in [0.5, 0.6) is 0 Å². The van der Waals surface area contributed by atoms with E-state index < -0.39 is 5.82 Å². The molecule has 0 aromatic carbocycles. The van der Waals surface area contributed by atoms with E-state index in [0.29, 0.717) is 0 Å². The Hall–Kier alpha value is -0.380. The quantitative estimate of drug-likeness (QED) is 0.233. The lowest BCUT2D eigenvalue weighted by molar-refractivity contribution is 0.0917. The third-order valence-corrected chi connectivity index (χ3v) is 0.185. The predicted molar refractivity (Wildman–Crippen MR) is 18.6 cm³/mol. The smallest absolute Gasteiger partial charge is 0.174 e. The maximum Gasteiger partial charge on any atom is 0.419 e. The van der Waals surface area contributed by atoms with Gasteiger partial charge in [-0.1, -0.05) is 0 Å². The van der Waals surface area contributed by atoms with Crippen molar-refractivity contribution in [2.45, 2.75) is 5.82 Å². The van der Waals surface area contributed by atoms with Crippen LogP contribution < -0.4 is 0 Å². The van der Waals surface area contributed by atoms with E-state index in [9.17, 15) is 4.39 Å². The summed E-state index contributed by atoms with van der Waals surface area (Å²) < 4.78 is 13.5. The molecule has 0 spiro atoms. The average molecular weight is 115 g/mol. The first-order chi connectivity index (χ1) is 2.77. The summed E-state index contributed by atoms with van der Waals surface area (Å²) in [6.07, 6.45) is 0. The first-order valence-electron chi connectivity index (χ1n) is 1.01. The Labute approximate surface area is 37.5 Å². The van der Waals surface area contributed by atoms with Gasteiger partial charge in [-0.05, 0) is 16.5 Å². The Kier molecular flexibility index (Phi) is 2.66. The molecule has 0 radical (unpaired) electrons. The molecular formula is CHClFO3+. The van der Waals surface area contributed by atoms with E-state index in [4.69, 9.17) is 4.96 Å². The van der Waals surface area contributed by atoms with E-state index in [1.54, 1.807) is 0 Å². The summed E-state index contributed by atoms with van der Waals surface area (Å²) in [6.45, 7) is 0. The van der Waals surface area contributed by atoms with E-state index in [1.165, 1.54) is 0 Å². The number of halogens is 2. The lowest BCUT2D eigenvalue weighted by atomic mass is 11.6. The van der Waals surface area contributed by atoms with E-state index in [2.05, 4.69) is 21.2 Å². The molecule has 0 aromatic rings. The van der Waals surface area contributed by atoms with Crippen molar-refractivity contribution >= 4 is 11.6 Å². The molecule has 0 aliphatic rings. The van der Waals surface area contributed by atoms with Gasteiger partial charge >= 0.3 is 10.6 Å². The van der Waals surface area contributed by atoms with E-state index in [-0.39, 0.29) is 0 Å². The van der Waals surface area contributed by atoms with Crippen molar-refractivity contribution in [1.29, 1.82) is 0 Å². The molecule has 5 heteroatoms. The zero-order chi connectivity index (χ0) is 4.99. The summed E-state index contributed by atoms with van der Waals surface area (Å²) in [5.74, 6) is -2.16. The van der Waals surface area contributed by atoms with Crippen LogP contribution in [0.3, 0.4) is 0 Å². The van der Waals surface area contributed by atoms with Gasteiger partial charge in [0, 0.05) is 0 Å². The first kappa shape index (κ1) is 5.62. The van der Waals surface area contributed by atoms with Crippen LogP contribution in [0.1, 0.15) is 0 Å². The molecule has 0 fully saturated rings. The number of hydrogen-bond donors (Lipinski definition) is 0. The molecule has 36 valence electrons. The third-order valence-electron chi connectivity index (χ3n) is 0.112. The van der Waals surface area contributed by atoms with Crippen LogP contribution in [0.25, 0.3) is 0 Å². The molecule has 0 saturated heterocycles. The largest absolute Gasteiger partial charge is 0.419 e. The summed E-state index contributed by atoms with van der Waals surface area (Å²) in [6, 6.07) is 0. The summed E-state index contributed by atoms with van der Waals surface area (Å²) >= 11 is 4.36. The topological polar surface area (TPSA) is 37.6 Å². The molecule has 0 amide bonds. The fourth-order valence-electron chi connectivity index (χ4n) is 0.0297. The number of hydrogen-bond acceptors (Lipinski definition) is 2. The van der Waals surface area contributed by atoms with Crippen molar-refractivity contribution in [3.05, 3.63) is 9.71 Å². The van der Waals surface area contributed by atoms with Gasteiger partial charge in [0.05, 0.1) is 0 Å². The van der Waals surface area contributed by atoms with Crippen LogP contribution in [0.4, 0.5) is 4.39 Å². The SMILES string of the molecule is O=[O+]OC(F)Cl. The average Bonchev–Trinajstić information content (AvgIpc) is 1.35. The molecular weight excluding hydrogens is 114 g/mol. The Morgan fingerprint density at radius 1 is 2.00 bits per heavy atom. The minimum absolute atomic E-state index is 2.16.